The molecule has 1 aromatic carbocycles. The maximum atomic E-state index is 12.6. The van der Waals surface area contributed by atoms with Crippen molar-refractivity contribution < 1.29 is 4.79 Å². The molecule has 4 rings (SSSR count). The zero-order valence-corrected chi connectivity index (χ0v) is 16.3. The molecule has 2 heterocycles. The van der Waals surface area contributed by atoms with Gasteiger partial charge in [0.2, 0.25) is 0 Å². The minimum Gasteiger partial charge on any atom is -0.324 e. The van der Waals surface area contributed by atoms with E-state index in [1.54, 1.807) is 4.90 Å². The first kappa shape index (κ1) is 17.9. The molecule has 1 aliphatic heterocycles. The molecular formula is C21H27N5O. The summed E-state index contributed by atoms with van der Waals surface area (Å²) in [6, 6.07) is 6.63. The van der Waals surface area contributed by atoms with Gasteiger partial charge in [-0.2, -0.15) is 5.26 Å². The average molecular weight is 365 g/mol. The fourth-order valence-corrected chi connectivity index (χ4v) is 4.94. The van der Waals surface area contributed by atoms with Crippen molar-refractivity contribution in [2.75, 3.05) is 32.1 Å². The van der Waals surface area contributed by atoms with Crippen molar-refractivity contribution in [2.24, 2.45) is 0 Å². The molecule has 0 radical (unpaired) electrons. The van der Waals surface area contributed by atoms with Crippen LogP contribution in [0.4, 0.5) is 4.79 Å². The van der Waals surface area contributed by atoms with Gasteiger partial charge in [-0.25, -0.2) is 10.2 Å². The van der Waals surface area contributed by atoms with Gasteiger partial charge in [0.05, 0.1) is 17.1 Å². The molecule has 1 saturated heterocycles. The number of nitrogens with zero attached hydrogens (tertiary/aromatic N) is 4. The Bertz CT molecular complexity index is 921. The average Bonchev–Trinajstić information content (AvgIpc) is 3.02. The Labute approximate surface area is 160 Å². The van der Waals surface area contributed by atoms with E-state index in [1.165, 1.54) is 16.5 Å². The summed E-state index contributed by atoms with van der Waals surface area (Å²) in [7, 11) is 2.19. The van der Waals surface area contributed by atoms with E-state index in [0.717, 1.165) is 36.9 Å². The van der Waals surface area contributed by atoms with E-state index in [2.05, 4.69) is 29.6 Å². The third-order valence-corrected chi connectivity index (χ3v) is 6.33. The SMILES string of the molecule is CCN(CC)C(=O)Nn1cc2c3c(c(C#N)ccc31)[C@H]1CCCN(C)[C@@H]1C2. The predicted octanol–water partition coefficient (Wildman–Crippen LogP) is 3.25. The topological polar surface area (TPSA) is 64.3 Å². The molecule has 2 amide bonds. The second-order valence-electron chi connectivity index (χ2n) is 7.65. The Morgan fingerprint density at radius 2 is 2.15 bits per heavy atom. The van der Waals surface area contributed by atoms with E-state index < -0.39 is 0 Å². The number of carbonyl (C=O) groups excluding carboxylic acids is 1. The summed E-state index contributed by atoms with van der Waals surface area (Å²) < 4.78 is 1.85. The molecule has 0 saturated carbocycles. The molecule has 1 N–H and O–H groups in total. The van der Waals surface area contributed by atoms with E-state index in [4.69, 9.17) is 0 Å². The van der Waals surface area contributed by atoms with Crippen LogP contribution in [0.15, 0.2) is 18.3 Å². The lowest BCUT2D eigenvalue weighted by Crippen LogP contribution is -2.44. The third kappa shape index (κ3) is 2.78. The summed E-state index contributed by atoms with van der Waals surface area (Å²) in [5, 5.41) is 10.9. The number of carbonyl (C=O) groups is 1. The second-order valence-corrected chi connectivity index (χ2v) is 7.65. The third-order valence-electron chi connectivity index (χ3n) is 6.33. The first-order valence-corrected chi connectivity index (χ1v) is 9.92. The van der Waals surface area contributed by atoms with Crippen LogP contribution in [0.2, 0.25) is 0 Å². The zero-order chi connectivity index (χ0) is 19.1. The van der Waals surface area contributed by atoms with Gasteiger partial charge in [-0.05, 0) is 70.0 Å². The molecule has 1 aliphatic carbocycles. The predicted molar refractivity (Wildman–Crippen MR) is 106 cm³/mol. The molecular weight excluding hydrogens is 338 g/mol. The van der Waals surface area contributed by atoms with Gasteiger partial charge in [0, 0.05) is 36.6 Å². The molecule has 27 heavy (non-hydrogen) atoms. The Morgan fingerprint density at radius 1 is 1.37 bits per heavy atom. The molecule has 0 unspecified atom stereocenters. The van der Waals surface area contributed by atoms with Crippen molar-refractivity contribution in [2.45, 2.75) is 45.1 Å². The summed E-state index contributed by atoms with van der Waals surface area (Å²) >= 11 is 0. The van der Waals surface area contributed by atoms with E-state index in [0.29, 0.717) is 25.0 Å². The maximum absolute atomic E-state index is 12.6. The van der Waals surface area contributed by atoms with Crippen LogP contribution in [-0.4, -0.2) is 53.2 Å². The van der Waals surface area contributed by atoms with Crippen LogP contribution in [0, 0.1) is 11.3 Å². The number of aromatic nitrogens is 1. The van der Waals surface area contributed by atoms with Gasteiger partial charge in [0.15, 0.2) is 0 Å². The molecule has 6 heteroatoms. The maximum Gasteiger partial charge on any atom is 0.336 e. The Balaban J connectivity index is 1.82. The highest BCUT2D eigenvalue weighted by Gasteiger charge is 2.38. The monoisotopic (exact) mass is 365 g/mol. The van der Waals surface area contributed by atoms with Crippen molar-refractivity contribution >= 4 is 16.9 Å². The first-order valence-electron chi connectivity index (χ1n) is 9.92. The van der Waals surface area contributed by atoms with Crippen LogP contribution in [0.1, 0.15) is 49.3 Å². The molecule has 2 atom stereocenters. The van der Waals surface area contributed by atoms with Crippen LogP contribution in [0.5, 0.6) is 0 Å². The van der Waals surface area contributed by atoms with Crippen molar-refractivity contribution in [3.63, 3.8) is 0 Å². The lowest BCUT2D eigenvalue weighted by Gasteiger charge is -2.42. The quantitative estimate of drug-likeness (QED) is 0.908. The number of rotatable bonds is 3. The van der Waals surface area contributed by atoms with Crippen LogP contribution >= 0.6 is 0 Å². The minimum atomic E-state index is -0.0943. The van der Waals surface area contributed by atoms with Crippen LogP contribution < -0.4 is 5.43 Å². The molecule has 6 nitrogen and oxygen atoms in total. The van der Waals surface area contributed by atoms with Crippen molar-refractivity contribution in [3.05, 3.63) is 35.0 Å². The number of amides is 2. The molecule has 2 aromatic rings. The molecule has 0 bridgehead atoms. The number of hydrogen-bond donors (Lipinski definition) is 1. The van der Waals surface area contributed by atoms with E-state index >= 15 is 0 Å². The fourth-order valence-electron chi connectivity index (χ4n) is 4.94. The summed E-state index contributed by atoms with van der Waals surface area (Å²) in [6.07, 6.45) is 5.30. The molecule has 0 spiro atoms. The molecule has 2 aliphatic rings. The van der Waals surface area contributed by atoms with Crippen molar-refractivity contribution in [1.82, 2.24) is 14.5 Å². The number of piperidine rings is 1. The number of likely N-dealkylation sites (N-methyl/N-ethyl adjacent to an activating group) is 1. The van der Waals surface area contributed by atoms with Gasteiger partial charge in [-0.1, -0.05) is 0 Å². The Hall–Kier alpha value is -2.52. The van der Waals surface area contributed by atoms with E-state index in [-0.39, 0.29) is 6.03 Å². The number of benzene rings is 1. The number of likely N-dealkylation sites (tertiary alicyclic amines) is 1. The highest BCUT2D eigenvalue weighted by molar-refractivity contribution is 5.93. The number of urea groups is 1. The lowest BCUT2D eigenvalue weighted by molar-refractivity contribution is 0.157. The van der Waals surface area contributed by atoms with Gasteiger partial charge in [-0.3, -0.25) is 4.68 Å². The highest BCUT2D eigenvalue weighted by Crippen LogP contribution is 2.44. The number of nitrogens with one attached hydrogen (secondary N) is 1. The fraction of sp³-hybridized carbons (Fsp3) is 0.524. The standard InChI is InChI=1S/C21H27N5O/c1-4-25(5-2)21(27)23-26-13-15-11-18-16(7-6-10-24(18)3)19-14(12-22)8-9-17(26)20(15)19/h8-9,13,16,18H,4-7,10-11H2,1-3H3,(H,23,27)/t16-,18+/m0/s1. The molecule has 1 fully saturated rings. The Morgan fingerprint density at radius 3 is 2.85 bits per heavy atom. The van der Waals surface area contributed by atoms with Crippen molar-refractivity contribution in [1.29, 1.82) is 5.26 Å². The largest absolute Gasteiger partial charge is 0.336 e. The minimum absolute atomic E-state index is 0.0943. The van der Waals surface area contributed by atoms with Gasteiger partial charge >= 0.3 is 6.03 Å². The van der Waals surface area contributed by atoms with Gasteiger partial charge in [0.25, 0.3) is 0 Å². The number of hydrogen-bond acceptors (Lipinski definition) is 3. The summed E-state index contributed by atoms with van der Waals surface area (Å²) in [5.74, 6) is 0.393. The van der Waals surface area contributed by atoms with Gasteiger partial charge in [0.1, 0.15) is 0 Å². The first-order chi connectivity index (χ1) is 13.1. The van der Waals surface area contributed by atoms with E-state index in [1.807, 2.05) is 30.7 Å². The summed E-state index contributed by atoms with van der Waals surface area (Å²) in [4.78, 5) is 16.8. The van der Waals surface area contributed by atoms with E-state index in [9.17, 15) is 10.1 Å². The number of fused-ring (bicyclic) bond motifs is 2. The van der Waals surface area contributed by atoms with Gasteiger partial charge in [-0.15, -0.1) is 0 Å². The highest BCUT2D eigenvalue weighted by atomic mass is 16.2. The second kappa shape index (κ2) is 6.90. The number of nitriles is 1. The van der Waals surface area contributed by atoms with Crippen LogP contribution in [0.3, 0.4) is 0 Å². The van der Waals surface area contributed by atoms with Crippen LogP contribution in [-0.2, 0) is 6.42 Å². The Kier molecular flexibility index (Phi) is 4.56. The van der Waals surface area contributed by atoms with Crippen molar-refractivity contribution in [3.8, 4) is 6.07 Å². The molecule has 142 valence electrons. The van der Waals surface area contributed by atoms with Gasteiger partial charge < -0.3 is 9.80 Å². The molecule has 1 aromatic heterocycles. The zero-order valence-electron chi connectivity index (χ0n) is 16.3. The van der Waals surface area contributed by atoms with Crippen LogP contribution in [0.25, 0.3) is 10.9 Å². The normalized spacial score (nSPS) is 21.6. The lowest BCUT2D eigenvalue weighted by atomic mass is 9.73. The summed E-state index contributed by atoms with van der Waals surface area (Å²) in [5.41, 5.74) is 7.22. The summed E-state index contributed by atoms with van der Waals surface area (Å²) in [6.45, 7) is 6.41. The smallest absolute Gasteiger partial charge is 0.324 e.